The monoisotopic (exact) mass is 547 g/mol. The molecule has 220 valence electrons. The zero-order valence-corrected chi connectivity index (χ0v) is 25.5. The zero-order chi connectivity index (χ0) is 28.1. The topological polar surface area (TPSA) is 43.8 Å². The molecule has 3 aromatic rings. The molecule has 0 saturated heterocycles. The second-order valence-electron chi connectivity index (χ2n) is 11.5. The van der Waals surface area contributed by atoms with Crippen molar-refractivity contribution in [1.29, 1.82) is 0 Å². The van der Waals surface area contributed by atoms with E-state index >= 15 is 0 Å². The summed E-state index contributed by atoms with van der Waals surface area (Å²) in [5.41, 5.74) is 2.18. The van der Waals surface area contributed by atoms with Gasteiger partial charge in [0.05, 0.1) is 20.2 Å². The van der Waals surface area contributed by atoms with Gasteiger partial charge in [0.1, 0.15) is 24.0 Å². The van der Waals surface area contributed by atoms with Crippen LogP contribution < -0.4 is 9.30 Å². The van der Waals surface area contributed by atoms with Gasteiger partial charge in [0, 0.05) is 24.4 Å². The van der Waals surface area contributed by atoms with Crippen LogP contribution in [0.2, 0.25) is 0 Å². The lowest BCUT2D eigenvalue weighted by Gasteiger charge is -2.09. The van der Waals surface area contributed by atoms with Gasteiger partial charge in [-0.15, -0.1) is 0 Å². The lowest BCUT2D eigenvalue weighted by atomic mass is 10.1. The van der Waals surface area contributed by atoms with E-state index in [1.54, 1.807) is 0 Å². The molecule has 0 N–H and O–H groups in total. The van der Waals surface area contributed by atoms with E-state index in [0.29, 0.717) is 0 Å². The highest BCUT2D eigenvalue weighted by Gasteiger charge is 2.04. The summed E-state index contributed by atoms with van der Waals surface area (Å²) >= 11 is 0. The SMILES string of the molecule is CCCCCCCCCCCCc1ncc(-c2cccc(OCCCCCCCCCn3cc[n+](C)c3)c2)cn1. The second kappa shape index (κ2) is 20.2. The number of nitrogens with zero attached hydrogens (tertiary/aromatic N) is 4. The Morgan fingerprint density at radius 2 is 1.35 bits per heavy atom. The second-order valence-corrected chi connectivity index (χ2v) is 11.5. The van der Waals surface area contributed by atoms with E-state index in [0.717, 1.165) is 48.7 Å². The Kier molecular flexibility index (Phi) is 16.1. The standard InChI is InChI=1S/C35H55N4O/c1-3-4-5-6-7-8-9-11-14-17-23-35-36-29-33(30-37-35)32-21-20-22-34(28-32)40-27-19-16-13-10-12-15-18-24-39-26-25-38(2)31-39/h20-22,25-26,28-31H,3-19,23-24,27H2,1-2H3/q+1. The summed E-state index contributed by atoms with van der Waals surface area (Å²) < 4.78 is 10.4. The third-order valence-corrected chi connectivity index (χ3v) is 7.78. The van der Waals surface area contributed by atoms with Gasteiger partial charge in [-0.25, -0.2) is 19.1 Å². The first-order valence-corrected chi connectivity index (χ1v) is 16.3. The number of hydrogen-bond donors (Lipinski definition) is 0. The largest absolute Gasteiger partial charge is 0.494 e. The molecule has 5 heteroatoms. The average molecular weight is 548 g/mol. The third kappa shape index (κ3) is 13.6. The van der Waals surface area contributed by atoms with Crippen LogP contribution in [0.5, 0.6) is 5.75 Å². The van der Waals surface area contributed by atoms with Gasteiger partial charge < -0.3 is 4.74 Å². The van der Waals surface area contributed by atoms with Crippen LogP contribution in [0.4, 0.5) is 0 Å². The van der Waals surface area contributed by atoms with Gasteiger partial charge in [-0.1, -0.05) is 103 Å². The number of unbranched alkanes of at least 4 members (excludes halogenated alkanes) is 15. The Bertz CT molecular complexity index is 1030. The number of hydrogen-bond acceptors (Lipinski definition) is 3. The molecule has 2 aromatic heterocycles. The molecular formula is C35H55N4O+. The summed E-state index contributed by atoms with van der Waals surface area (Å²) in [7, 11) is 2.07. The van der Waals surface area contributed by atoms with Crippen molar-refractivity contribution >= 4 is 0 Å². The van der Waals surface area contributed by atoms with Crippen LogP contribution in [-0.2, 0) is 20.0 Å². The molecule has 0 amide bonds. The van der Waals surface area contributed by atoms with Crippen LogP contribution in [0.1, 0.15) is 122 Å². The Morgan fingerprint density at radius 1 is 0.725 bits per heavy atom. The number of imidazole rings is 1. The predicted molar refractivity (Wildman–Crippen MR) is 166 cm³/mol. The Balaban J connectivity index is 1.21. The molecule has 0 fully saturated rings. The fraction of sp³-hybridized carbons (Fsp3) is 0.629. The molecule has 0 aliphatic rings. The van der Waals surface area contributed by atoms with Gasteiger partial charge in [0.25, 0.3) is 0 Å². The van der Waals surface area contributed by atoms with Crippen LogP contribution in [0.25, 0.3) is 11.1 Å². The zero-order valence-electron chi connectivity index (χ0n) is 25.5. The van der Waals surface area contributed by atoms with Gasteiger partial charge in [-0.3, -0.25) is 0 Å². The number of aryl methyl sites for hydroxylation is 3. The molecule has 3 rings (SSSR count). The maximum absolute atomic E-state index is 6.06. The minimum Gasteiger partial charge on any atom is -0.494 e. The van der Waals surface area contributed by atoms with Gasteiger partial charge in [0.15, 0.2) is 0 Å². The first-order valence-electron chi connectivity index (χ1n) is 16.3. The normalized spacial score (nSPS) is 11.2. The lowest BCUT2D eigenvalue weighted by molar-refractivity contribution is -0.671. The molecule has 2 heterocycles. The molecule has 5 nitrogen and oxygen atoms in total. The molecule has 0 atom stereocenters. The van der Waals surface area contributed by atoms with E-state index in [-0.39, 0.29) is 0 Å². The summed E-state index contributed by atoms with van der Waals surface area (Å²) in [6.07, 6.45) is 33.8. The smallest absolute Gasteiger partial charge is 0.243 e. The van der Waals surface area contributed by atoms with Gasteiger partial charge in [0.2, 0.25) is 6.33 Å². The number of benzene rings is 1. The Labute approximate surface area is 244 Å². The number of aromatic nitrogens is 4. The predicted octanol–water partition coefficient (Wildman–Crippen LogP) is 9.04. The first kappa shape index (κ1) is 31.8. The quantitative estimate of drug-likeness (QED) is 0.0878. The van der Waals surface area contributed by atoms with E-state index in [4.69, 9.17) is 4.74 Å². The highest BCUT2D eigenvalue weighted by molar-refractivity contribution is 5.63. The van der Waals surface area contributed by atoms with Crippen LogP contribution in [-0.4, -0.2) is 21.1 Å². The minimum atomic E-state index is 0.780. The van der Waals surface area contributed by atoms with Gasteiger partial charge in [-0.05, 0) is 43.4 Å². The summed E-state index contributed by atoms with van der Waals surface area (Å²) in [6, 6.07) is 8.35. The fourth-order valence-electron chi connectivity index (χ4n) is 5.27. The molecule has 0 aliphatic carbocycles. The fourth-order valence-corrected chi connectivity index (χ4v) is 5.27. The van der Waals surface area contributed by atoms with E-state index < -0.39 is 0 Å². The molecule has 0 spiro atoms. The summed E-state index contributed by atoms with van der Waals surface area (Å²) in [5.74, 6) is 1.90. The average Bonchev–Trinajstić information content (AvgIpc) is 3.40. The van der Waals surface area contributed by atoms with Gasteiger partial charge >= 0.3 is 0 Å². The van der Waals surface area contributed by atoms with Crippen molar-refractivity contribution in [3.63, 3.8) is 0 Å². The molecule has 0 aliphatic heterocycles. The van der Waals surface area contributed by atoms with Crippen LogP contribution in [0.15, 0.2) is 55.4 Å². The molecular weight excluding hydrogens is 492 g/mol. The van der Waals surface area contributed by atoms with Crippen LogP contribution >= 0.6 is 0 Å². The van der Waals surface area contributed by atoms with Crippen molar-refractivity contribution in [2.45, 2.75) is 129 Å². The van der Waals surface area contributed by atoms with Crippen molar-refractivity contribution in [3.8, 4) is 16.9 Å². The van der Waals surface area contributed by atoms with Crippen molar-refractivity contribution in [1.82, 2.24) is 14.5 Å². The van der Waals surface area contributed by atoms with E-state index in [2.05, 4.69) is 76.1 Å². The minimum absolute atomic E-state index is 0.780. The van der Waals surface area contributed by atoms with Crippen molar-refractivity contribution in [2.75, 3.05) is 6.61 Å². The molecule has 1 aromatic carbocycles. The highest BCUT2D eigenvalue weighted by Crippen LogP contribution is 2.23. The molecule has 40 heavy (non-hydrogen) atoms. The summed E-state index contributed by atoms with van der Waals surface area (Å²) in [4.78, 5) is 9.29. The maximum atomic E-state index is 6.06. The highest BCUT2D eigenvalue weighted by atomic mass is 16.5. The van der Waals surface area contributed by atoms with Crippen molar-refractivity contribution in [3.05, 3.63) is 61.2 Å². The van der Waals surface area contributed by atoms with E-state index in [9.17, 15) is 0 Å². The molecule has 0 radical (unpaired) electrons. The maximum Gasteiger partial charge on any atom is 0.243 e. The number of rotatable bonds is 23. The lowest BCUT2D eigenvalue weighted by Crippen LogP contribution is -2.23. The van der Waals surface area contributed by atoms with Crippen molar-refractivity contribution < 1.29 is 9.30 Å². The summed E-state index contributed by atoms with van der Waals surface area (Å²) in [5, 5.41) is 0. The first-order chi connectivity index (χ1) is 19.7. The van der Waals surface area contributed by atoms with Crippen LogP contribution in [0.3, 0.4) is 0 Å². The van der Waals surface area contributed by atoms with Crippen LogP contribution in [0, 0.1) is 0 Å². The molecule has 0 saturated carbocycles. The summed E-state index contributed by atoms with van der Waals surface area (Å²) in [6.45, 7) is 4.19. The van der Waals surface area contributed by atoms with Crippen molar-refractivity contribution in [2.24, 2.45) is 7.05 Å². The Morgan fingerprint density at radius 3 is 2.00 bits per heavy atom. The number of ether oxygens (including phenoxy) is 1. The molecule has 0 bridgehead atoms. The van der Waals surface area contributed by atoms with E-state index in [1.807, 2.05) is 12.4 Å². The Hall–Kier alpha value is -2.69. The molecule has 0 unspecified atom stereocenters. The van der Waals surface area contributed by atoms with E-state index in [1.165, 1.54) is 103 Å². The van der Waals surface area contributed by atoms with Gasteiger partial charge in [-0.2, -0.15) is 0 Å². The third-order valence-electron chi connectivity index (χ3n) is 7.78.